The molecule has 2 nitrogen and oxygen atoms in total. The number of rotatable bonds is 3. The van der Waals surface area contributed by atoms with E-state index in [-0.39, 0.29) is 5.82 Å². The zero-order valence-electron chi connectivity index (χ0n) is 9.60. The number of pyridine rings is 1. The van der Waals surface area contributed by atoms with Crippen LogP contribution in [0.1, 0.15) is 22.9 Å². The van der Waals surface area contributed by atoms with Crippen molar-refractivity contribution in [3.05, 3.63) is 65.2 Å². The van der Waals surface area contributed by atoms with Gasteiger partial charge < -0.3 is 5.11 Å². The van der Waals surface area contributed by atoms with Gasteiger partial charge in [0.05, 0.1) is 6.10 Å². The van der Waals surface area contributed by atoms with Crippen LogP contribution in [0.15, 0.2) is 42.6 Å². The molecular weight excluding hydrogens is 217 g/mol. The van der Waals surface area contributed by atoms with Crippen LogP contribution >= 0.6 is 0 Å². The predicted molar refractivity (Wildman–Crippen MR) is 64.0 cm³/mol. The van der Waals surface area contributed by atoms with Gasteiger partial charge >= 0.3 is 0 Å². The Balaban J connectivity index is 2.20. The van der Waals surface area contributed by atoms with E-state index in [9.17, 15) is 9.50 Å². The smallest absolute Gasteiger partial charge is 0.129 e. The Bertz CT molecular complexity index is 499. The lowest BCUT2D eigenvalue weighted by Gasteiger charge is -2.12. The molecule has 0 aliphatic carbocycles. The molecule has 1 atom stereocenters. The summed E-state index contributed by atoms with van der Waals surface area (Å²) in [6.07, 6.45) is 1.13. The molecular formula is C14H14FNO. The fourth-order valence-corrected chi connectivity index (χ4v) is 1.75. The highest BCUT2D eigenvalue weighted by atomic mass is 19.1. The first-order valence-electron chi connectivity index (χ1n) is 5.51. The molecule has 3 heteroatoms. The SMILES string of the molecule is Cc1ccc(F)c(C(O)Cc2ccccn2)c1. The van der Waals surface area contributed by atoms with Gasteiger partial charge in [-0.2, -0.15) is 0 Å². The Kier molecular flexibility index (Phi) is 3.49. The highest BCUT2D eigenvalue weighted by molar-refractivity contribution is 5.26. The number of nitrogens with zero attached hydrogens (tertiary/aromatic N) is 1. The summed E-state index contributed by atoms with van der Waals surface area (Å²) in [5.41, 5.74) is 2.01. The highest BCUT2D eigenvalue weighted by Crippen LogP contribution is 2.21. The first-order chi connectivity index (χ1) is 8.16. The normalized spacial score (nSPS) is 12.4. The van der Waals surface area contributed by atoms with E-state index in [1.807, 2.05) is 25.1 Å². The first kappa shape index (κ1) is 11.7. The number of aliphatic hydroxyl groups is 1. The molecule has 17 heavy (non-hydrogen) atoms. The van der Waals surface area contributed by atoms with Gasteiger partial charge in [-0.3, -0.25) is 4.98 Å². The van der Waals surface area contributed by atoms with Crippen molar-refractivity contribution >= 4 is 0 Å². The van der Waals surface area contributed by atoms with E-state index in [0.29, 0.717) is 12.0 Å². The van der Waals surface area contributed by atoms with Crippen LogP contribution in [0.3, 0.4) is 0 Å². The molecule has 1 heterocycles. The number of halogens is 1. The monoisotopic (exact) mass is 231 g/mol. The van der Waals surface area contributed by atoms with Crippen molar-refractivity contribution in [2.45, 2.75) is 19.4 Å². The molecule has 88 valence electrons. The van der Waals surface area contributed by atoms with Crippen molar-refractivity contribution in [2.75, 3.05) is 0 Å². The molecule has 2 rings (SSSR count). The van der Waals surface area contributed by atoms with Crippen LogP contribution in [0.2, 0.25) is 0 Å². The molecule has 0 aliphatic rings. The number of aliphatic hydroxyl groups excluding tert-OH is 1. The molecule has 1 aromatic carbocycles. The number of hydrogen-bond donors (Lipinski definition) is 1. The van der Waals surface area contributed by atoms with Gasteiger partial charge in [-0.25, -0.2) is 4.39 Å². The minimum Gasteiger partial charge on any atom is -0.388 e. The summed E-state index contributed by atoms with van der Waals surface area (Å²) in [6.45, 7) is 1.87. The van der Waals surface area contributed by atoms with Crippen LogP contribution < -0.4 is 0 Å². The van der Waals surface area contributed by atoms with E-state index < -0.39 is 6.10 Å². The minimum atomic E-state index is -0.857. The van der Waals surface area contributed by atoms with E-state index in [4.69, 9.17) is 0 Å². The second kappa shape index (κ2) is 5.06. The molecule has 2 aromatic rings. The number of aromatic nitrogens is 1. The van der Waals surface area contributed by atoms with Gasteiger partial charge in [0.15, 0.2) is 0 Å². The molecule has 0 spiro atoms. The van der Waals surface area contributed by atoms with Crippen LogP contribution in [-0.2, 0) is 6.42 Å². The molecule has 0 saturated heterocycles. The van der Waals surface area contributed by atoms with Crippen LogP contribution in [0.25, 0.3) is 0 Å². The largest absolute Gasteiger partial charge is 0.388 e. The number of benzene rings is 1. The van der Waals surface area contributed by atoms with Gasteiger partial charge in [0.1, 0.15) is 5.82 Å². The average molecular weight is 231 g/mol. The molecule has 0 radical (unpaired) electrons. The van der Waals surface area contributed by atoms with E-state index >= 15 is 0 Å². The van der Waals surface area contributed by atoms with Crippen LogP contribution in [-0.4, -0.2) is 10.1 Å². The second-order valence-corrected chi connectivity index (χ2v) is 4.07. The summed E-state index contributed by atoms with van der Waals surface area (Å²) in [6, 6.07) is 10.2. The molecule has 0 aliphatic heterocycles. The maximum atomic E-state index is 13.5. The highest BCUT2D eigenvalue weighted by Gasteiger charge is 2.13. The second-order valence-electron chi connectivity index (χ2n) is 4.07. The zero-order chi connectivity index (χ0) is 12.3. The number of hydrogen-bond acceptors (Lipinski definition) is 2. The van der Waals surface area contributed by atoms with Crippen molar-refractivity contribution < 1.29 is 9.50 Å². The van der Waals surface area contributed by atoms with Gasteiger partial charge in [-0.1, -0.05) is 23.8 Å². The summed E-state index contributed by atoms with van der Waals surface area (Å²) < 4.78 is 13.5. The fourth-order valence-electron chi connectivity index (χ4n) is 1.75. The summed E-state index contributed by atoms with van der Waals surface area (Å²) >= 11 is 0. The quantitative estimate of drug-likeness (QED) is 0.881. The van der Waals surface area contributed by atoms with Gasteiger partial charge in [0, 0.05) is 23.9 Å². The summed E-state index contributed by atoms with van der Waals surface area (Å²) in [5.74, 6) is -0.376. The molecule has 0 amide bonds. The third kappa shape index (κ3) is 2.88. The lowest BCUT2D eigenvalue weighted by molar-refractivity contribution is 0.172. The Morgan fingerprint density at radius 3 is 2.82 bits per heavy atom. The van der Waals surface area contributed by atoms with Crippen molar-refractivity contribution in [3.63, 3.8) is 0 Å². The van der Waals surface area contributed by atoms with E-state index in [1.165, 1.54) is 6.07 Å². The summed E-state index contributed by atoms with van der Waals surface area (Å²) in [4.78, 5) is 4.11. The van der Waals surface area contributed by atoms with Crippen molar-refractivity contribution in [1.29, 1.82) is 0 Å². The van der Waals surface area contributed by atoms with Gasteiger partial charge in [0.2, 0.25) is 0 Å². The fraction of sp³-hybridized carbons (Fsp3) is 0.214. The zero-order valence-corrected chi connectivity index (χ0v) is 9.60. The lowest BCUT2D eigenvalue weighted by atomic mass is 10.0. The minimum absolute atomic E-state index is 0.321. The Labute approximate surface area is 99.8 Å². The number of aryl methyl sites for hydroxylation is 1. The Morgan fingerprint density at radius 1 is 1.29 bits per heavy atom. The van der Waals surface area contributed by atoms with Crippen LogP contribution in [0.4, 0.5) is 4.39 Å². The molecule has 1 unspecified atom stereocenters. The predicted octanol–water partition coefficient (Wildman–Crippen LogP) is 2.81. The van der Waals surface area contributed by atoms with Crippen molar-refractivity contribution in [3.8, 4) is 0 Å². The maximum absolute atomic E-state index is 13.5. The lowest BCUT2D eigenvalue weighted by Crippen LogP contribution is -2.05. The van der Waals surface area contributed by atoms with Crippen LogP contribution in [0, 0.1) is 12.7 Å². The van der Waals surface area contributed by atoms with Crippen molar-refractivity contribution in [2.24, 2.45) is 0 Å². The van der Waals surface area contributed by atoms with Gasteiger partial charge in [-0.05, 0) is 25.1 Å². The van der Waals surface area contributed by atoms with Gasteiger partial charge in [-0.15, -0.1) is 0 Å². The molecule has 1 aromatic heterocycles. The topological polar surface area (TPSA) is 33.1 Å². The van der Waals surface area contributed by atoms with E-state index in [0.717, 1.165) is 11.3 Å². The van der Waals surface area contributed by atoms with Crippen molar-refractivity contribution in [1.82, 2.24) is 4.98 Å². The first-order valence-corrected chi connectivity index (χ1v) is 5.51. The van der Waals surface area contributed by atoms with Gasteiger partial charge in [0.25, 0.3) is 0 Å². The molecule has 0 saturated carbocycles. The average Bonchev–Trinajstić information content (AvgIpc) is 2.33. The standard InChI is InChI=1S/C14H14FNO/c1-10-5-6-13(15)12(8-10)14(17)9-11-4-2-3-7-16-11/h2-8,14,17H,9H2,1H3. The maximum Gasteiger partial charge on any atom is 0.129 e. The van der Waals surface area contributed by atoms with E-state index in [1.54, 1.807) is 18.3 Å². The molecule has 0 fully saturated rings. The third-order valence-corrected chi connectivity index (χ3v) is 2.64. The Morgan fingerprint density at radius 2 is 2.12 bits per heavy atom. The molecule has 0 bridgehead atoms. The third-order valence-electron chi connectivity index (χ3n) is 2.64. The Hall–Kier alpha value is -1.74. The summed E-state index contributed by atoms with van der Waals surface area (Å²) in [7, 11) is 0. The van der Waals surface area contributed by atoms with E-state index in [2.05, 4.69) is 4.98 Å². The summed E-state index contributed by atoms with van der Waals surface area (Å²) in [5, 5.41) is 10.00. The van der Waals surface area contributed by atoms with Crippen LogP contribution in [0.5, 0.6) is 0 Å². The molecule has 1 N–H and O–H groups in total.